The average molecular weight is 578 g/mol. The Morgan fingerprint density at radius 1 is 0.750 bits per heavy atom. The number of para-hydroxylation sites is 2. The predicted molar refractivity (Wildman–Crippen MR) is 170 cm³/mol. The summed E-state index contributed by atoms with van der Waals surface area (Å²) in [5.74, 6) is -0.562. The van der Waals surface area contributed by atoms with Gasteiger partial charge >= 0.3 is 0 Å². The molecule has 226 valence electrons. The molecular weight excluding hydrogens is 526 g/mol. The minimum Gasteiger partial charge on any atom is -0.368 e. The number of aliphatic hydroxyl groups excluding tert-OH is 1. The van der Waals surface area contributed by atoms with Crippen molar-refractivity contribution in [3.05, 3.63) is 71.0 Å². The molecule has 9 heteroatoms. The number of hydrogen-bond donors (Lipinski definition) is 3. The van der Waals surface area contributed by atoms with Crippen molar-refractivity contribution in [3.63, 3.8) is 0 Å². The number of rotatable bonds is 1. The molecule has 0 saturated heterocycles. The van der Waals surface area contributed by atoms with Gasteiger partial charge in [-0.05, 0) is 57.9 Å². The molecule has 0 radical (unpaired) electrons. The standard InChI is InChI=1S/2C11H13N.C3H7NO3S.C2H6O2.2C2H6/c2*1-8-9(2)12(3)11-7-5-4-6-10(8)11;1-3(5)4-8(2,6)7;1-2(3)4;2*1-2/h2*4-7H,1-3H3;1-2H3,(H,4,5);2-4H,1H3;2*1-2H3. The molecule has 0 aliphatic heterocycles. The van der Waals surface area contributed by atoms with Gasteiger partial charge in [-0.15, -0.1) is 0 Å². The lowest BCUT2D eigenvalue weighted by Gasteiger charge is -1.96. The molecule has 3 N–H and O–H groups in total. The van der Waals surface area contributed by atoms with E-state index in [1.54, 1.807) is 4.72 Å². The Kier molecular flexibility index (Phi) is 18.6. The Balaban J connectivity index is 0. The molecule has 4 aromatic rings. The second-order valence-corrected chi connectivity index (χ2v) is 10.4. The molecule has 0 bridgehead atoms. The molecule has 1 amide bonds. The van der Waals surface area contributed by atoms with Crippen molar-refractivity contribution < 1.29 is 23.4 Å². The number of sulfonamides is 1. The second-order valence-electron chi connectivity index (χ2n) is 8.64. The van der Waals surface area contributed by atoms with E-state index < -0.39 is 22.2 Å². The topological polar surface area (TPSA) is 114 Å². The summed E-state index contributed by atoms with van der Waals surface area (Å²) in [6.07, 6.45) is -0.242. The van der Waals surface area contributed by atoms with Crippen molar-refractivity contribution in [2.75, 3.05) is 6.26 Å². The maximum atomic E-state index is 10.1. The highest BCUT2D eigenvalue weighted by molar-refractivity contribution is 7.89. The van der Waals surface area contributed by atoms with Crippen LogP contribution in [-0.2, 0) is 28.9 Å². The molecule has 2 aromatic heterocycles. The smallest absolute Gasteiger partial charge is 0.231 e. The molecule has 0 aliphatic carbocycles. The first kappa shape index (κ1) is 39.0. The Hall–Kier alpha value is -3.14. The zero-order chi connectivity index (χ0) is 31.8. The minimum absolute atomic E-state index is 0.562. The van der Waals surface area contributed by atoms with Crippen molar-refractivity contribution in [2.45, 2.75) is 75.5 Å². The average Bonchev–Trinajstić information content (AvgIpc) is 3.25. The molecule has 4 rings (SSSR count). The minimum atomic E-state index is -3.32. The van der Waals surface area contributed by atoms with E-state index in [1.807, 2.05) is 27.7 Å². The summed E-state index contributed by atoms with van der Waals surface area (Å²) in [4.78, 5) is 9.97. The molecule has 40 heavy (non-hydrogen) atoms. The second kappa shape index (κ2) is 19.0. The molecule has 2 aromatic carbocycles. The summed E-state index contributed by atoms with van der Waals surface area (Å²) in [6.45, 7) is 19.1. The van der Waals surface area contributed by atoms with Crippen molar-refractivity contribution in [2.24, 2.45) is 14.1 Å². The summed E-state index contributed by atoms with van der Waals surface area (Å²) in [6, 6.07) is 17.0. The molecule has 8 nitrogen and oxygen atoms in total. The van der Waals surface area contributed by atoms with Gasteiger partial charge in [0.2, 0.25) is 15.9 Å². The van der Waals surface area contributed by atoms with Gasteiger partial charge in [0, 0.05) is 54.2 Å². The van der Waals surface area contributed by atoms with Gasteiger partial charge in [0.15, 0.2) is 0 Å². The van der Waals surface area contributed by atoms with Crippen LogP contribution in [0, 0.1) is 27.7 Å². The molecule has 0 aliphatic rings. The first-order valence-corrected chi connectivity index (χ1v) is 15.3. The lowest BCUT2D eigenvalue weighted by molar-refractivity contribution is -0.117. The van der Waals surface area contributed by atoms with Gasteiger partial charge < -0.3 is 19.3 Å². The zero-order valence-corrected chi connectivity index (χ0v) is 27.4. The number of nitrogens with zero attached hydrogens (tertiary/aromatic N) is 2. The Bertz CT molecular complexity index is 1250. The van der Waals surface area contributed by atoms with Crippen molar-refractivity contribution in [1.82, 2.24) is 13.9 Å². The van der Waals surface area contributed by atoms with Gasteiger partial charge in [-0.1, -0.05) is 64.1 Å². The zero-order valence-electron chi connectivity index (χ0n) is 26.6. The van der Waals surface area contributed by atoms with E-state index in [0.717, 1.165) is 13.2 Å². The fourth-order valence-corrected chi connectivity index (χ4v) is 4.20. The SMILES string of the molecule is CC.CC.CC(=O)NS(C)(=O)=O.CC(O)O.Cc1c(C)n(C)c2ccccc12.Cc1c(C)n(C)c2ccccc12. The van der Waals surface area contributed by atoms with E-state index in [2.05, 4.69) is 99.5 Å². The van der Waals surface area contributed by atoms with Gasteiger partial charge in [0.25, 0.3) is 0 Å². The highest BCUT2D eigenvalue weighted by Crippen LogP contribution is 2.23. The summed E-state index contributed by atoms with van der Waals surface area (Å²) in [5, 5.41) is 18.0. The highest BCUT2D eigenvalue weighted by atomic mass is 32.2. The van der Waals surface area contributed by atoms with Crippen LogP contribution < -0.4 is 4.72 Å². The van der Waals surface area contributed by atoms with Crippen LogP contribution in [0.1, 0.15) is 64.1 Å². The number of fused-ring (bicyclic) bond motifs is 2. The van der Waals surface area contributed by atoms with Crippen LogP contribution in [0.3, 0.4) is 0 Å². The van der Waals surface area contributed by atoms with Crippen molar-refractivity contribution in [3.8, 4) is 0 Å². The van der Waals surface area contributed by atoms with Crippen molar-refractivity contribution in [1.29, 1.82) is 0 Å². The van der Waals surface area contributed by atoms with Gasteiger partial charge in [-0.25, -0.2) is 8.42 Å². The molecule has 0 spiro atoms. The van der Waals surface area contributed by atoms with E-state index in [-0.39, 0.29) is 0 Å². The van der Waals surface area contributed by atoms with E-state index >= 15 is 0 Å². The maximum absolute atomic E-state index is 10.1. The molecule has 0 atom stereocenters. The largest absolute Gasteiger partial charge is 0.368 e. The normalized spacial score (nSPS) is 9.90. The van der Waals surface area contributed by atoms with Crippen LogP contribution in [0.15, 0.2) is 48.5 Å². The third kappa shape index (κ3) is 12.8. The van der Waals surface area contributed by atoms with Gasteiger partial charge in [0.1, 0.15) is 6.29 Å². The summed E-state index contributed by atoms with van der Waals surface area (Å²) < 4.78 is 26.4. The molecular formula is C31H51N3O5S. The monoisotopic (exact) mass is 577 g/mol. The number of aryl methyl sites for hydroxylation is 4. The Morgan fingerprint density at radius 2 is 1.02 bits per heavy atom. The maximum Gasteiger partial charge on any atom is 0.231 e. The van der Waals surface area contributed by atoms with E-state index in [9.17, 15) is 13.2 Å². The van der Waals surface area contributed by atoms with Crippen LogP contribution in [-0.4, -0.2) is 46.2 Å². The molecule has 0 saturated carbocycles. The van der Waals surface area contributed by atoms with E-state index in [0.29, 0.717) is 0 Å². The number of aliphatic hydroxyl groups is 2. The van der Waals surface area contributed by atoms with Crippen LogP contribution in [0.5, 0.6) is 0 Å². The molecule has 0 unspecified atom stereocenters. The molecule has 0 fully saturated rings. The first-order valence-electron chi connectivity index (χ1n) is 13.4. The summed E-state index contributed by atoms with van der Waals surface area (Å²) in [7, 11) is 0.909. The quantitative estimate of drug-likeness (QED) is 0.239. The molecule has 2 heterocycles. The third-order valence-corrected chi connectivity index (χ3v) is 6.42. The fraction of sp³-hybridized carbons (Fsp3) is 0.452. The highest BCUT2D eigenvalue weighted by Gasteiger charge is 2.06. The number of nitrogens with one attached hydrogen (secondary N) is 1. The van der Waals surface area contributed by atoms with E-state index in [4.69, 9.17) is 10.2 Å². The van der Waals surface area contributed by atoms with Gasteiger partial charge in [-0.2, -0.15) is 0 Å². The number of carbonyl (C=O) groups excluding carboxylic acids is 1. The number of hydrogen-bond acceptors (Lipinski definition) is 5. The predicted octanol–water partition coefficient (Wildman–Crippen LogP) is 6.04. The van der Waals surface area contributed by atoms with Gasteiger partial charge in [-0.3, -0.25) is 9.52 Å². The lowest BCUT2D eigenvalue weighted by atomic mass is 10.2. The third-order valence-electron chi connectivity index (χ3n) is 5.76. The first-order chi connectivity index (χ1) is 18.6. The van der Waals surface area contributed by atoms with Crippen LogP contribution in [0.4, 0.5) is 0 Å². The van der Waals surface area contributed by atoms with Gasteiger partial charge in [0.05, 0.1) is 6.26 Å². The van der Waals surface area contributed by atoms with Crippen molar-refractivity contribution >= 4 is 37.7 Å². The Labute approximate surface area is 241 Å². The lowest BCUT2D eigenvalue weighted by Crippen LogP contribution is -2.26. The summed E-state index contributed by atoms with van der Waals surface area (Å²) in [5.41, 5.74) is 8.16. The summed E-state index contributed by atoms with van der Waals surface area (Å²) >= 11 is 0. The number of benzene rings is 2. The number of amides is 1. The van der Waals surface area contributed by atoms with Crippen LogP contribution >= 0.6 is 0 Å². The Morgan fingerprint density at radius 3 is 1.23 bits per heavy atom. The number of carbonyl (C=O) groups is 1. The van der Waals surface area contributed by atoms with Crippen LogP contribution in [0.25, 0.3) is 21.8 Å². The number of aromatic nitrogens is 2. The fourth-order valence-electron chi connectivity index (χ4n) is 3.68. The van der Waals surface area contributed by atoms with Crippen LogP contribution in [0.2, 0.25) is 0 Å². The van der Waals surface area contributed by atoms with E-state index in [1.165, 1.54) is 51.2 Å².